The summed E-state index contributed by atoms with van der Waals surface area (Å²) in [6.45, 7) is 3.54. The third-order valence-corrected chi connectivity index (χ3v) is 3.60. The highest BCUT2D eigenvalue weighted by Gasteiger charge is 2.13. The summed E-state index contributed by atoms with van der Waals surface area (Å²) >= 11 is 0. The van der Waals surface area contributed by atoms with Gasteiger partial charge in [-0.15, -0.1) is 0 Å². The van der Waals surface area contributed by atoms with E-state index in [1.807, 2.05) is 0 Å². The third-order valence-electron chi connectivity index (χ3n) is 2.99. The molecular formula is C14H17N3O4S. The second-order valence-corrected chi connectivity index (χ2v) is 6.73. The van der Waals surface area contributed by atoms with Crippen molar-refractivity contribution in [2.45, 2.75) is 20.3 Å². The lowest BCUT2D eigenvalue weighted by Crippen LogP contribution is -2.15. The first-order valence-electron chi connectivity index (χ1n) is 6.54. The molecule has 0 atom stereocenters. The molecule has 22 heavy (non-hydrogen) atoms. The Hall–Kier alpha value is -2.35. The Kier molecular flexibility index (Phi) is 4.51. The van der Waals surface area contributed by atoms with Gasteiger partial charge in [-0.25, -0.2) is 8.42 Å². The number of carbonyl (C=O) groups is 1. The molecule has 0 saturated carbocycles. The molecule has 1 aromatic carbocycles. The second-order valence-electron chi connectivity index (χ2n) is 4.98. The fraction of sp³-hybridized carbons (Fsp3) is 0.286. The molecule has 2 rings (SSSR count). The molecule has 0 aliphatic heterocycles. The van der Waals surface area contributed by atoms with E-state index in [0.717, 1.165) is 11.8 Å². The number of aromatic nitrogens is 1. The molecule has 0 saturated heterocycles. The van der Waals surface area contributed by atoms with Gasteiger partial charge in [-0.3, -0.25) is 9.52 Å². The summed E-state index contributed by atoms with van der Waals surface area (Å²) in [5.74, 6) is 0.429. The lowest BCUT2D eigenvalue weighted by atomic mass is 10.1. The van der Waals surface area contributed by atoms with Crippen molar-refractivity contribution in [2.75, 3.05) is 16.3 Å². The lowest BCUT2D eigenvalue weighted by molar-refractivity contribution is -0.115. The number of nitrogens with one attached hydrogen (secondary N) is 2. The highest BCUT2D eigenvalue weighted by atomic mass is 32.2. The first-order chi connectivity index (χ1) is 10.2. The molecule has 8 heteroatoms. The molecule has 1 amide bonds. The highest BCUT2D eigenvalue weighted by Crippen LogP contribution is 2.16. The van der Waals surface area contributed by atoms with Crippen LogP contribution in [0.4, 0.5) is 11.4 Å². The van der Waals surface area contributed by atoms with Gasteiger partial charge < -0.3 is 9.84 Å². The number of hydrogen-bond acceptors (Lipinski definition) is 5. The Bertz CT molecular complexity index is 759. The van der Waals surface area contributed by atoms with Crippen LogP contribution in [0, 0.1) is 13.8 Å². The van der Waals surface area contributed by atoms with Gasteiger partial charge in [-0.2, -0.15) is 0 Å². The zero-order chi connectivity index (χ0) is 16.3. The van der Waals surface area contributed by atoms with Gasteiger partial charge in [0.2, 0.25) is 15.9 Å². The van der Waals surface area contributed by atoms with Crippen molar-refractivity contribution < 1.29 is 17.7 Å². The number of benzene rings is 1. The van der Waals surface area contributed by atoms with E-state index in [-0.39, 0.29) is 12.3 Å². The molecule has 0 unspecified atom stereocenters. The van der Waals surface area contributed by atoms with Gasteiger partial charge in [0.25, 0.3) is 0 Å². The minimum absolute atomic E-state index is 0.171. The molecule has 1 heterocycles. The van der Waals surface area contributed by atoms with Gasteiger partial charge >= 0.3 is 0 Å². The number of hydrogen-bond donors (Lipinski definition) is 2. The summed E-state index contributed by atoms with van der Waals surface area (Å²) in [5.41, 5.74) is 2.48. The van der Waals surface area contributed by atoms with Gasteiger partial charge in [0, 0.05) is 16.9 Å². The van der Waals surface area contributed by atoms with Gasteiger partial charge in [0.05, 0.1) is 18.4 Å². The van der Waals surface area contributed by atoms with Gasteiger partial charge in [-0.05, 0) is 38.1 Å². The van der Waals surface area contributed by atoms with Crippen LogP contribution in [0.2, 0.25) is 0 Å². The summed E-state index contributed by atoms with van der Waals surface area (Å²) in [6.07, 6.45) is 1.25. The summed E-state index contributed by atoms with van der Waals surface area (Å²) in [6, 6.07) is 6.40. The van der Waals surface area contributed by atoms with Crippen molar-refractivity contribution in [1.29, 1.82) is 0 Å². The number of nitrogens with zero attached hydrogens (tertiary/aromatic N) is 1. The topological polar surface area (TPSA) is 101 Å². The Labute approximate surface area is 128 Å². The predicted octanol–water partition coefficient (Wildman–Crippen LogP) is 1.84. The van der Waals surface area contributed by atoms with Crippen LogP contribution in [0.5, 0.6) is 0 Å². The van der Waals surface area contributed by atoms with Crippen molar-refractivity contribution in [2.24, 2.45) is 0 Å². The normalized spacial score (nSPS) is 11.2. The maximum Gasteiger partial charge on any atom is 0.229 e. The largest absolute Gasteiger partial charge is 0.361 e. The van der Waals surface area contributed by atoms with E-state index in [9.17, 15) is 13.2 Å². The van der Waals surface area contributed by atoms with E-state index in [1.165, 1.54) is 0 Å². The van der Waals surface area contributed by atoms with E-state index in [1.54, 1.807) is 38.1 Å². The smallest absolute Gasteiger partial charge is 0.229 e. The van der Waals surface area contributed by atoms with E-state index >= 15 is 0 Å². The van der Waals surface area contributed by atoms with Crippen molar-refractivity contribution in [1.82, 2.24) is 5.16 Å². The Morgan fingerprint density at radius 3 is 2.27 bits per heavy atom. The first-order valence-corrected chi connectivity index (χ1v) is 8.43. The van der Waals surface area contributed by atoms with E-state index < -0.39 is 10.0 Å². The van der Waals surface area contributed by atoms with E-state index in [4.69, 9.17) is 4.52 Å². The summed E-state index contributed by atoms with van der Waals surface area (Å²) in [5, 5.41) is 6.54. The molecule has 2 N–H and O–H groups in total. The second kappa shape index (κ2) is 6.18. The number of aryl methyl sites for hydroxylation is 2. The Balaban J connectivity index is 2.00. The van der Waals surface area contributed by atoms with Crippen molar-refractivity contribution in [3.8, 4) is 0 Å². The molecule has 0 bridgehead atoms. The van der Waals surface area contributed by atoms with Crippen molar-refractivity contribution >= 4 is 27.3 Å². The maximum atomic E-state index is 12.0. The van der Waals surface area contributed by atoms with Crippen LogP contribution in [0.25, 0.3) is 0 Å². The molecule has 2 aromatic rings. The molecule has 0 radical (unpaired) electrons. The van der Waals surface area contributed by atoms with Gasteiger partial charge in [0.1, 0.15) is 5.76 Å². The van der Waals surface area contributed by atoms with Crippen LogP contribution in [0.1, 0.15) is 17.0 Å². The maximum absolute atomic E-state index is 12.0. The number of anilines is 2. The summed E-state index contributed by atoms with van der Waals surface area (Å²) in [7, 11) is -3.31. The quantitative estimate of drug-likeness (QED) is 0.874. The molecule has 0 spiro atoms. The number of rotatable bonds is 5. The lowest BCUT2D eigenvalue weighted by Gasteiger charge is -2.07. The molecule has 0 aliphatic rings. The minimum Gasteiger partial charge on any atom is -0.361 e. The fourth-order valence-electron chi connectivity index (χ4n) is 1.96. The van der Waals surface area contributed by atoms with Crippen molar-refractivity contribution in [3.63, 3.8) is 0 Å². The third kappa shape index (κ3) is 4.32. The number of amides is 1. The summed E-state index contributed by atoms with van der Waals surface area (Å²) < 4.78 is 29.6. The van der Waals surface area contributed by atoms with E-state index in [0.29, 0.717) is 22.8 Å². The first kappa shape index (κ1) is 16.0. The zero-order valence-electron chi connectivity index (χ0n) is 12.5. The number of carbonyl (C=O) groups excluding carboxylic acids is 1. The monoisotopic (exact) mass is 323 g/mol. The minimum atomic E-state index is -3.31. The number of sulfonamides is 1. The molecule has 1 aromatic heterocycles. The molecule has 0 fully saturated rings. The van der Waals surface area contributed by atoms with Crippen LogP contribution in [-0.4, -0.2) is 25.7 Å². The summed E-state index contributed by atoms with van der Waals surface area (Å²) in [4.78, 5) is 12.0. The Morgan fingerprint density at radius 2 is 1.77 bits per heavy atom. The molecule has 0 aliphatic carbocycles. The average molecular weight is 323 g/mol. The van der Waals surface area contributed by atoms with Crippen molar-refractivity contribution in [3.05, 3.63) is 41.3 Å². The SMILES string of the molecule is Cc1noc(C)c1CC(=O)Nc1ccc(NS(C)(=O)=O)cc1. The van der Waals surface area contributed by atoms with Crippen LogP contribution in [-0.2, 0) is 21.2 Å². The molecular weight excluding hydrogens is 306 g/mol. The molecule has 118 valence electrons. The van der Waals surface area contributed by atoms with Crippen LogP contribution < -0.4 is 10.0 Å². The fourth-order valence-corrected chi connectivity index (χ4v) is 2.52. The zero-order valence-corrected chi connectivity index (χ0v) is 13.3. The van der Waals surface area contributed by atoms with Gasteiger partial charge in [-0.1, -0.05) is 5.16 Å². The standard InChI is InChI=1S/C14H17N3O4S/c1-9-13(10(2)21-16-9)8-14(18)15-11-4-6-12(7-5-11)17-22(3,19)20/h4-7,17H,8H2,1-3H3,(H,15,18). The highest BCUT2D eigenvalue weighted by molar-refractivity contribution is 7.92. The van der Waals surface area contributed by atoms with Crippen LogP contribution >= 0.6 is 0 Å². The average Bonchev–Trinajstić information content (AvgIpc) is 2.71. The van der Waals surface area contributed by atoms with E-state index in [2.05, 4.69) is 15.2 Å². The van der Waals surface area contributed by atoms with Crippen LogP contribution in [0.3, 0.4) is 0 Å². The molecule has 7 nitrogen and oxygen atoms in total. The Morgan fingerprint density at radius 1 is 1.18 bits per heavy atom. The van der Waals surface area contributed by atoms with Crippen LogP contribution in [0.15, 0.2) is 28.8 Å². The van der Waals surface area contributed by atoms with Gasteiger partial charge in [0.15, 0.2) is 0 Å². The predicted molar refractivity (Wildman–Crippen MR) is 83.2 cm³/mol.